The summed E-state index contributed by atoms with van der Waals surface area (Å²) in [5.74, 6) is 1.56. The molecule has 4 rings (SSSR count). The van der Waals surface area contributed by atoms with Crippen molar-refractivity contribution in [1.29, 1.82) is 0 Å². The molecule has 1 aliphatic heterocycles. The molecule has 102 valence electrons. The summed E-state index contributed by atoms with van der Waals surface area (Å²) in [5, 5.41) is 3.01. The van der Waals surface area contributed by atoms with Gasteiger partial charge in [-0.05, 0) is 31.4 Å². The molecule has 20 heavy (non-hydrogen) atoms. The Balaban J connectivity index is 1.63. The van der Waals surface area contributed by atoms with Gasteiger partial charge in [0.2, 0.25) is 5.91 Å². The molecule has 2 heterocycles. The summed E-state index contributed by atoms with van der Waals surface area (Å²) in [7, 11) is 0. The number of benzene rings is 1. The lowest BCUT2D eigenvalue weighted by molar-refractivity contribution is -0.117. The fraction of sp³-hybridized carbons (Fsp3) is 0.375. The molecule has 1 amide bonds. The number of hydrogen-bond acceptors (Lipinski definition) is 2. The van der Waals surface area contributed by atoms with Crippen LogP contribution in [0.15, 0.2) is 30.5 Å². The van der Waals surface area contributed by atoms with Gasteiger partial charge in [0.05, 0.1) is 11.9 Å². The lowest BCUT2D eigenvalue weighted by Crippen LogP contribution is -2.13. The Hall–Kier alpha value is -2.10. The van der Waals surface area contributed by atoms with E-state index in [9.17, 15) is 4.79 Å². The topological polar surface area (TPSA) is 46.9 Å². The number of carbonyl (C=O) groups is 1. The van der Waals surface area contributed by atoms with Gasteiger partial charge in [0.15, 0.2) is 0 Å². The van der Waals surface area contributed by atoms with Crippen LogP contribution in [0.25, 0.3) is 11.3 Å². The van der Waals surface area contributed by atoms with Crippen molar-refractivity contribution in [2.75, 3.05) is 5.32 Å². The smallest absolute Gasteiger partial charge is 0.227 e. The lowest BCUT2D eigenvalue weighted by atomic mass is 10.1. The van der Waals surface area contributed by atoms with Crippen LogP contribution in [0.5, 0.6) is 0 Å². The van der Waals surface area contributed by atoms with Crippen LogP contribution in [0.2, 0.25) is 0 Å². The molecule has 0 spiro atoms. The van der Waals surface area contributed by atoms with Crippen molar-refractivity contribution in [3.8, 4) is 11.3 Å². The monoisotopic (exact) mass is 267 g/mol. The van der Waals surface area contributed by atoms with E-state index in [-0.39, 0.29) is 11.8 Å². The largest absolute Gasteiger partial charge is 0.328 e. The Kier molecular flexibility index (Phi) is 2.62. The average molecular weight is 267 g/mol. The molecule has 1 aliphatic carbocycles. The van der Waals surface area contributed by atoms with Crippen molar-refractivity contribution in [2.24, 2.45) is 5.92 Å². The van der Waals surface area contributed by atoms with E-state index < -0.39 is 0 Å². The minimum atomic E-state index is 0.153. The van der Waals surface area contributed by atoms with Gasteiger partial charge >= 0.3 is 0 Å². The van der Waals surface area contributed by atoms with Crippen LogP contribution in [-0.2, 0) is 17.8 Å². The highest BCUT2D eigenvalue weighted by Crippen LogP contribution is 2.31. The molecule has 1 fully saturated rings. The van der Waals surface area contributed by atoms with E-state index in [1.165, 1.54) is 12.2 Å². The molecule has 4 nitrogen and oxygen atoms in total. The van der Waals surface area contributed by atoms with Crippen molar-refractivity contribution >= 4 is 11.6 Å². The maximum Gasteiger partial charge on any atom is 0.227 e. The van der Waals surface area contributed by atoms with Crippen molar-refractivity contribution in [3.63, 3.8) is 0 Å². The van der Waals surface area contributed by atoms with Crippen molar-refractivity contribution in [2.45, 2.75) is 32.2 Å². The number of aromatic nitrogens is 2. The number of aryl methyl sites for hydroxylation is 1. The summed E-state index contributed by atoms with van der Waals surface area (Å²) in [6.07, 6.45) is 6.24. The molecule has 2 aromatic rings. The van der Waals surface area contributed by atoms with Crippen molar-refractivity contribution in [3.05, 3.63) is 36.3 Å². The fourth-order valence-electron chi connectivity index (χ4n) is 2.83. The van der Waals surface area contributed by atoms with Gasteiger partial charge in [0.1, 0.15) is 5.82 Å². The molecule has 1 aromatic carbocycles. The number of rotatable bonds is 3. The molecule has 4 heteroatoms. The summed E-state index contributed by atoms with van der Waals surface area (Å²) >= 11 is 0. The van der Waals surface area contributed by atoms with Crippen LogP contribution < -0.4 is 5.32 Å². The van der Waals surface area contributed by atoms with E-state index in [0.717, 1.165) is 42.8 Å². The normalized spacial score (nSPS) is 17.0. The second-order valence-electron chi connectivity index (χ2n) is 5.66. The predicted molar refractivity (Wildman–Crippen MR) is 77.3 cm³/mol. The maximum atomic E-state index is 11.8. The summed E-state index contributed by atoms with van der Waals surface area (Å²) in [6.45, 7) is 1.04. The van der Waals surface area contributed by atoms with Gasteiger partial charge in [-0.15, -0.1) is 0 Å². The minimum Gasteiger partial charge on any atom is -0.328 e. The van der Waals surface area contributed by atoms with Gasteiger partial charge in [-0.25, -0.2) is 4.98 Å². The summed E-state index contributed by atoms with van der Waals surface area (Å²) in [6, 6.07) is 8.07. The van der Waals surface area contributed by atoms with E-state index in [2.05, 4.69) is 20.9 Å². The Morgan fingerprint density at radius 2 is 2.25 bits per heavy atom. The first-order valence-corrected chi connectivity index (χ1v) is 7.27. The van der Waals surface area contributed by atoms with Gasteiger partial charge in [-0.3, -0.25) is 4.79 Å². The lowest BCUT2D eigenvalue weighted by Gasteiger charge is -2.08. The summed E-state index contributed by atoms with van der Waals surface area (Å²) in [5.41, 5.74) is 3.16. The Morgan fingerprint density at radius 3 is 3.10 bits per heavy atom. The molecular formula is C16H17N3O. The first-order valence-electron chi connectivity index (χ1n) is 7.27. The highest BCUT2D eigenvalue weighted by molar-refractivity contribution is 5.94. The van der Waals surface area contributed by atoms with Crippen LogP contribution in [0, 0.1) is 5.92 Å². The van der Waals surface area contributed by atoms with Gasteiger partial charge in [0, 0.05) is 30.1 Å². The second kappa shape index (κ2) is 4.47. The SMILES string of the molecule is O=C(Nc1cccc(-c2cnc3n2CCC3)c1)C1CC1. The van der Waals surface area contributed by atoms with Crippen molar-refractivity contribution < 1.29 is 4.79 Å². The molecule has 1 N–H and O–H groups in total. The minimum absolute atomic E-state index is 0.153. The zero-order valence-electron chi connectivity index (χ0n) is 11.3. The molecule has 0 radical (unpaired) electrons. The quantitative estimate of drug-likeness (QED) is 0.929. The van der Waals surface area contributed by atoms with Crippen LogP contribution in [0.3, 0.4) is 0 Å². The fourth-order valence-corrected chi connectivity index (χ4v) is 2.83. The molecule has 2 aliphatic rings. The highest BCUT2D eigenvalue weighted by Gasteiger charge is 2.29. The van der Waals surface area contributed by atoms with Crippen LogP contribution in [-0.4, -0.2) is 15.5 Å². The molecule has 1 aromatic heterocycles. The summed E-state index contributed by atoms with van der Waals surface area (Å²) < 4.78 is 2.28. The Bertz CT molecular complexity index is 670. The number of nitrogens with zero attached hydrogens (tertiary/aromatic N) is 2. The number of carbonyl (C=O) groups excluding carboxylic acids is 1. The number of nitrogens with one attached hydrogen (secondary N) is 1. The highest BCUT2D eigenvalue weighted by atomic mass is 16.2. The van der Waals surface area contributed by atoms with Crippen LogP contribution >= 0.6 is 0 Å². The third-order valence-corrected chi connectivity index (χ3v) is 4.09. The molecule has 0 bridgehead atoms. The van der Waals surface area contributed by atoms with Crippen LogP contribution in [0.1, 0.15) is 25.1 Å². The molecular weight excluding hydrogens is 250 g/mol. The van der Waals surface area contributed by atoms with Gasteiger partial charge < -0.3 is 9.88 Å². The molecule has 0 atom stereocenters. The molecule has 1 saturated carbocycles. The van der Waals surface area contributed by atoms with Gasteiger partial charge in [-0.1, -0.05) is 12.1 Å². The van der Waals surface area contributed by atoms with Gasteiger partial charge in [-0.2, -0.15) is 0 Å². The zero-order chi connectivity index (χ0) is 13.5. The standard InChI is InChI=1S/C16H17N3O/c20-16(11-6-7-11)18-13-4-1-3-12(9-13)14-10-17-15-5-2-8-19(14)15/h1,3-4,9-11H,2,5-8H2,(H,18,20). The van der Waals surface area contributed by atoms with E-state index in [1.54, 1.807) is 0 Å². The average Bonchev–Trinajstić information content (AvgIpc) is 3.07. The number of imidazole rings is 1. The van der Waals surface area contributed by atoms with E-state index >= 15 is 0 Å². The van der Waals surface area contributed by atoms with Crippen LogP contribution in [0.4, 0.5) is 5.69 Å². The molecule has 0 saturated heterocycles. The van der Waals surface area contributed by atoms with Gasteiger partial charge in [0.25, 0.3) is 0 Å². The maximum absolute atomic E-state index is 11.8. The number of hydrogen-bond donors (Lipinski definition) is 1. The molecule has 0 unspecified atom stereocenters. The Morgan fingerprint density at radius 1 is 1.35 bits per heavy atom. The Labute approximate surface area is 117 Å². The van der Waals surface area contributed by atoms with E-state index in [4.69, 9.17) is 0 Å². The zero-order valence-corrected chi connectivity index (χ0v) is 11.3. The number of amides is 1. The second-order valence-corrected chi connectivity index (χ2v) is 5.66. The first-order chi connectivity index (χ1) is 9.81. The van der Waals surface area contributed by atoms with E-state index in [1.807, 2.05) is 24.4 Å². The predicted octanol–water partition coefficient (Wildman–Crippen LogP) is 2.84. The first kappa shape index (κ1) is 11.7. The third-order valence-electron chi connectivity index (χ3n) is 4.09. The van der Waals surface area contributed by atoms with E-state index in [0.29, 0.717) is 0 Å². The summed E-state index contributed by atoms with van der Waals surface area (Å²) in [4.78, 5) is 16.3. The number of fused-ring (bicyclic) bond motifs is 1. The number of anilines is 1. The van der Waals surface area contributed by atoms with Crippen molar-refractivity contribution in [1.82, 2.24) is 9.55 Å². The third kappa shape index (κ3) is 2.01.